The fourth-order valence-electron chi connectivity index (χ4n) is 2.86. The van der Waals surface area contributed by atoms with Crippen LogP contribution in [0.2, 0.25) is 0 Å². The molecule has 0 amide bonds. The molecular weight excluding hydrogens is 334 g/mol. The molecule has 4 aromatic rings. The number of carbonyl (C=O) groups excluding carboxylic acids is 1. The van der Waals surface area contributed by atoms with Gasteiger partial charge in [0.1, 0.15) is 23.6 Å². The summed E-state index contributed by atoms with van der Waals surface area (Å²) < 4.78 is 15.7. The van der Waals surface area contributed by atoms with Crippen LogP contribution in [-0.4, -0.2) is 18.1 Å². The number of aromatic nitrogens is 1. The average molecular weight is 349 g/mol. The number of nitrogens with one attached hydrogen (secondary N) is 1. The molecule has 130 valence electrons. The number of H-pyrrole nitrogens is 1. The second-order valence-corrected chi connectivity index (χ2v) is 5.80. The number of fused-ring (bicyclic) bond motifs is 2. The topological polar surface area (TPSA) is 81.5 Å². The van der Waals surface area contributed by atoms with E-state index in [-0.39, 0.29) is 6.61 Å². The summed E-state index contributed by atoms with van der Waals surface area (Å²) in [6.45, 7) is -0.0391. The zero-order valence-corrected chi connectivity index (χ0v) is 13.9. The summed E-state index contributed by atoms with van der Waals surface area (Å²) in [5, 5.41) is 1.62. The first kappa shape index (κ1) is 16.0. The zero-order valence-electron chi connectivity index (χ0n) is 13.9. The number of aromatic amines is 1. The van der Waals surface area contributed by atoms with Gasteiger partial charge >= 0.3 is 11.6 Å². The molecule has 0 unspecified atom stereocenters. The van der Waals surface area contributed by atoms with Crippen molar-refractivity contribution in [3.05, 3.63) is 76.3 Å². The second-order valence-electron chi connectivity index (χ2n) is 5.80. The molecule has 0 fully saturated rings. The molecule has 0 aliphatic carbocycles. The minimum absolute atomic E-state index is 0.0391. The first-order valence-electron chi connectivity index (χ1n) is 8.00. The monoisotopic (exact) mass is 349 g/mol. The summed E-state index contributed by atoms with van der Waals surface area (Å²) in [6, 6.07) is 15.8. The number of methoxy groups -OCH3 is 1. The van der Waals surface area contributed by atoms with E-state index < -0.39 is 11.6 Å². The smallest absolute Gasteiger partial charge is 0.355 e. The number of para-hydroxylation sites is 1. The predicted octanol–water partition coefficient (Wildman–Crippen LogP) is 3.64. The van der Waals surface area contributed by atoms with Crippen molar-refractivity contribution in [2.24, 2.45) is 0 Å². The Hall–Kier alpha value is -3.54. The van der Waals surface area contributed by atoms with Crippen LogP contribution in [0.4, 0.5) is 0 Å². The molecule has 0 atom stereocenters. The van der Waals surface area contributed by atoms with Gasteiger partial charge in [0.05, 0.1) is 7.11 Å². The van der Waals surface area contributed by atoms with Crippen molar-refractivity contribution >= 4 is 27.8 Å². The summed E-state index contributed by atoms with van der Waals surface area (Å²) in [6.07, 6.45) is 0. The largest absolute Gasteiger partial charge is 0.497 e. The molecule has 6 nitrogen and oxygen atoms in total. The molecule has 0 spiro atoms. The van der Waals surface area contributed by atoms with Crippen LogP contribution in [0, 0.1) is 0 Å². The van der Waals surface area contributed by atoms with Gasteiger partial charge in [0.25, 0.3) is 0 Å². The third-order valence-corrected chi connectivity index (χ3v) is 4.15. The van der Waals surface area contributed by atoms with E-state index in [1.165, 1.54) is 13.2 Å². The maximum absolute atomic E-state index is 12.3. The highest BCUT2D eigenvalue weighted by Gasteiger charge is 2.13. The van der Waals surface area contributed by atoms with E-state index in [0.717, 1.165) is 10.9 Å². The van der Waals surface area contributed by atoms with Crippen molar-refractivity contribution in [2.75, 3.05) is 7.11 Å². The Morgan fingerprint density at radius 2 is 1.96 bits per heavy atom. The molecule has 26 heavy (non-hydrogen) atoms. The minimum Gasteiger partial charge on any atom is -0.497 e. The first-order valence-corrected chi connectivity index (χ1v) is 8.00. The van der Waals surface area contributed by atoms with Crippen LogP contribution in [0.1, 0.15) is 16.1 Å². The molecule has 0 saturated heterocycles. The molecule has 6 heteroatoms. The van der Waals surface area contributed by atoms with Gasteiger partial charge in [-0.25, -0.2) is 9.59 Å². The van der Waals surface area contributed by atoms with Gasteiger partial charge in [-0.3, -0.25) is 0 Å². The van der Waals surface area contributed by atoms with Gasteiger partial charge in [0.2, 0.25) is 0 Å². The minimum atomic E-state index is -0.512. The zero-order chi connectivity index (χ0) is 18.1. The maximum atomic E-state index is 12.3. The molecule has 0 bridgehead atoms. The van der Waals surface area contributed by atoms with Gasteiger partial charge in [-0.05, 0) is 24.3 Å². The quantitative estimate of drug-likeness (QED) is 0.449. The lowest BCUT2D eigenvalue weighted by molar-refractivity contribution is 0.0468. The average Bonchev–Trinajstić information content (AvgIpc) is 3.09. The van der Waals surface area contributed by atoms with Gasteiger partial charge < -0.3 is 18.9 Å². The lowest BCUT2D eigenvalue weighted by Gasteiger charge is -2.07. The summed E-state index contributed by atoms with van der Waals surface area (Å²) >= 11 is 0. The van der Waals surface area contributed by atoms with Crippen LogP contribution in [0.5, 0.6) is 5.75 Å². The SMILES string of the molecule is COc1ccc2c(COC(=O)c3cc4ccccc4[nH]3)cc(=O)oc2c1. The van der Waals surface area contributed by atoms with E-state index in [2.05, 4.69) is 4.98 Å². The number of hydrogen-bond donors (Lipinski definition) is 1. The van der Waals surface area contributed by atoms with E-state index in [1.54, 1.807) is 24.3 Å². The standard InChI is InChI=1S/C20H15NO5/c1-24-14-6-7-15-13(9-19(22)26-18(15)10-14)11-25-20(23)17-8-12-4-2-3-5-16(12)21-17/h2-10,21H,11H2,1H3. The molecule has 0 aliphatic heterocycles. The molecule has 1 N–H and O–H groups in total. The van der Waals surface area contributed by atoms with Crippen LogP contribution in [0.15, 0.2) is 63.8 Å². The fourth-order valence-corrected chi connectivity index (χ4v) is 2.86. The second kappa shape index (κ2) is 6.40. The normalized spacial score (nSPS) is 11.0. The molecule has 0 radical (unpaired) electrons. The van der Waals surface area contributed by atoms with Crippen molar-refractivity contribution in [3.8, 4) is 5.75 Å². The van der Waals surface area contributed by atoms with Gasteiger partial charge in [-0.2, -0.15) is 0 Å². The third-order valence-electron chi connectivity index (χ3n) is 4.15. The summed E-state index contributed by atoms with van der Waals surface area (Å²) in [5.74, 6) is 0.0870. The number of hydrogen-bond acceptors (Lipinski definition) is 5. The summed E-state index contributed by atoms with van der Waals surface area (Å²) in [7, 11) is 1.53. The lowest BCUT2D eigenvalue weighted by atomic mass is 10.1. The van der Waals surface area contributed by atoms with Crippen LogP contribution >= 0.6 is 0 Å². The highest BCUT2D eigenvalue weighted by atomic mass is 16.5. The Labute approximate surface area is 148 Å². The highest BCUT2D eigenvalue weighted by molar-refractivity contribution is 5.94. The predicted molar refractivity (Wildman–Crippen MR) is 96.5 cm³/mol. The molecule has 2 heterocycles. The Balaban J connectivity index is 1.60. The summed E-state index contributed by atoms with van der Waals surface area (Å²) in [5.41, 5.74) is 1.66. The first-order chi connectivity index (χ1) is 12.6. The molecule has 4 rings (SSSR count). The Morgan fingerprint density at radius 1 is 1.12 bits per heavy atom. The van der Waals surface area contributed by atoms with Gasteiger partial charge in [-0.1, -0.05) is 18.2 Å². The molecule has 2 aromatic carbocycles. The van der Waals surface area contributed by atoms with Gasteiger partial charge in [-0.15, -0.1) is 0 Å². The Bertz CT molecular complexity index is 1140. The maximum Gasteiger partial charge on any atom is 0.355 e. The molecule has 0 aliphatic rings. The van der Waals surface area contributed by atoms with Gasteiger partial charge in [0.15, 0.2) is 0 Å². The van der Waals surface area contributed by atoms with E-state index in [4.69, 9.17) is 13.9 Å². The number of carbonyl (C=O) groups is 1. The van der Waals surface area contributed by atoms with Crippen LogP contribution in [0.25, 0.3) is 21.9 Å². The highest BCUT2D eigenvalue weighted by Crippen LogP contribution is 2.23. The van der Waals surface area contributed by atoms with E-state index >= 15 is 0 Å². The van der Waals surface area contributed by atoms with E-state index in [0.29, 0.717) is 28.0 Å². The third kappa shape index (κ3) is 2.93. The van der Waals surface area contributed by atoms with Crippen LogP contribution in [0.3, 0.4) is 0 Å². The number of ether oxygens (including phenoxy) is 2. The van der Waals surface area contributed by atoms with Crippen molar-refractivity contribution in [2.45, 2.75) is 6.61 Å². The lowest BCUT2D eigenvalue weighted by Crippen LogP contribution is -2.08. The van der Waals surface area contributed by atoms with Crippen molar-refractivity contribution < 1.29 is 18.7 Å². The molecule has 2 aromatic heterocycles. The van der Waals surface area contributed by atoms with Gasteiger partial charge in [0, 0.05) is 34.0 Å². The Kier molecular flexibility index (Phi) is 3.93. The van der Waals surface area contributed by atoms with Crippen molar-refractivity contribution in [1.82, 2.24) is 4.98 Å². The van der Waals surface area contributed by atoms with Crippen molar-refractivity contribution in [3.63, 3.8) is 0 Å². The molecular formula is C20H15NO5. The van der Waals surface area contributed by atoms with E-state index in [9.17, 15) is 9.59 Å². The number of benzene rings is 2. The van der Waals surface area contributed by atoms with Crippen LogP contribution < -0.4 is 10.4 Å². The van der Waals surface area contributed by atoms with E-state index in [1.807, 2.05) is 24.3 Å². The fraction of sp³-hybridized carbons (Fsp3) is 0.100. The number of rotatable bonds is 4. The summed E-state index contributed by atoms with van der Waals surface area (Å²) in [4.78, 5) is 27.1. The number of esters is 1. The van der Waals surface area contributed by atoms with Crippen molar-refractivity contribution in [1.29, 1.82) is 0 Å². The van der Waals surface area contributed by atoms with Crippen LogP contribution in [-0.2, 0) is 11.3 Å². The molecule has 0 saturated carbocycles. The Morgan fingerprint density at radius 3 is 2.77 bits per heavy atom.